The summed E-state index contributed by atoms with van der Waals surface area (Å²) < 4.78 is 17.0. The summed E-state index contributed by atoms with van der Waals surface area (Å²) in [7, 11) is 3.03. The molecule has 0 N–H and O–H groups in total. The van der Waals surface area contributed by atoms with Gasteiger partial charge in [-0.1, -0.05) is 29.8 Å². The Labute approximate surface area is 187 Å². The molecule has 7 nitrogen and oxygen atoms in total. The predicted molar refractivity (Wildman–Crippen MR) is 120 cm³/mol. The van der Waals surface area contributed by atoms with Gasteiger partial charge in [-0.05, 0) is 36.4 Å². The molecule has 0 saturated heterocycles. The lowest BCUT2D eigenvalue weighted by Gasteiger charge is -2.26. The Bertz CT molecular complexity index is 1420. The van der Waals surface area contributed by atoms with Crippen LogP contribution in [0.25, 0.3) is 11.0 Å². The Balaban J connectivity index is 1.87. The summed E-state index contributed by atoms with van der Waals surface area (Å²) in [4.78, 5) is 33.0. The maximum Gasteiger partial charge on any atom is 0.296 e. The molecule has 160 valence electrons. The van der Waals surface area contributed by atoms with Crippen molar-refractivity contribution in [1.82, 2.24) is 4.98 Å². The summed E-state index contributed by atoms with van der Waals surface area (Å²) in [6, 6.07) is 14.4. The molecule has 3 heterocycles. The van der Waals surface area contributed by atoms with Gasteiger partial charge in [-0.25, -0.2) is 4.98 Å². The number of amides is 1. The van der Waals surface area contributed by atoms with Gasteiger partial charge in [-0.15, -0.1) is 0 Å². The molecule has 0 saturated carbocycles. The van der Waals surface area contributed by atoms with Crippen molar-refractivity contribution in [3.8, 4) is 11.5 Å². The molecule has 0 aliphatic carbocycles. The summed E-state index contributed by atoms with van der Waals surface area (Å²) >= 11 is 6.13. The van der Waals surface area contributed by atoms with Gasteiger partial charge in [0, 0.05) is 16.8 Å². The third kappa shape index (κ3) is 2.93. The summed E-state index contributed by atoms with van der Waals surface area (Å²) in [6.45, 7) is 0. The third-order valence-electron chi connectivity index (χ3n) is 5.46. The number of carbonyl (C=O) groups excluding carboxylic acids is 1. The highest BCUT2D eigenvalue weighted by Crippen LogP contribution is 2.45. The minimum absolute atomic E-state index is 0.0367. The first-order valence-electron chi connectivity index (χ1n) is 9.77. The van der Waals surface area contributed by atoms with Crippen molar-refractivity contribution in [2.24, 2.45) is 0 Å². The van der Waals surface area contributed by atoms with Crippen LogP contribution >= 0.6 is 11.6 Å². The molecule has 8 heteroatoms. The highest BCUT2D eigenvalue weighted by atomic mass is 35.5. The van der Waals surface area contributed by atoms with E-state index in [4.69, 9.17) is 25.5 Å². The average molecular weight is 449 g/mol. The molecular weight excluding hydrogens is 432 g/mol. The van der Waals surface area contributed by atoms with Crippen LogP contribution in [0.4, 0.5) is 5.82 Å². The van der Waals surface area contributed by atoms with E-state index in [1.54, 1.807) is 54.7 Å². The fourth-order valence-corrected chi connectivity index (χ4v) is 4.27. The smallest absolute Gasteiger partial charge is 0.296 e. The van der Waals surface area contributed by atoms with Gasteiger partial charge in [0.25, 0.3) is 5.91 Å². The van der Waals surface area contributed by atoms with Gasteiger partial charge in [-0.2, -0.15) is 0 Å². The molecule has 1 aliphatic heterocycles. The van der Waals surface area contributed by atoms with E-state index < -0.39 is 11.9 Å². The van der Waals surface area contributed by atoms with Crippen LogP contribution in [0.2, 0.25) is 5.02 Å². The lowest BCUT2D eigenvalue weighted by atomic mass is 9.97. The Morgan fingerprint density at radius 2 is 1.88 bits per heavy atom. The zero-order valence-corrected chi connectivity index (χ0v) is 17.9. The topological polar surface area (TPSA) is 81.9 Å². The molecule has 0 bridgehead atoms. The van der Waals surface area contributed by atoms with E-state index >= 15 is 0 Å². The molecule has 0 radical (unpaired) electrons. The first-order valence-corrected chi connectivity index (χ1v) is 10.1. The molecule has 0 fully saturated rings. The van der Waals surface area contributed by atoms with E-state index in [0.29, 0.717) is 33.3 Å². The van der Waals surface area contributed by atoms with E-state index in [9.17, 15) is 9.59 Å². The van der Waals surface area contributed by atoms with Crippen molar-refractivity contribution in [3.05, 3.63) is 92.9 Å². The average Bonchev–Trinajstić information content (AvgIpc) is 3.11. The van der Waals surface area contributed by atoms with Gasteiger partial charge in [0.05, 0.1) is 25.2 Å². The minimum Gasteiger partial charge on any atom is -0.493 e. The maximum atomic E-state index is 13.6. The number of fused-ring (bicyclic) bond motifs is 2. The van der Waals surface area contributed by atoms with Gasteiger partial charge in [0.1, 0.15) is 17.4 Å². The second-order valence-corrected chi connectivity index (χ2v) is 7.60. The second-order valence-electron chi connectivity index (χ2n) is 7.16. The summed E-state index contributed by atoms with van der Waals surface area (Å²) in [6.07, 6.45) is 1.58. The van der Waals surface area contributed by atoms with E-state index in [1.165, 1.54) is 25.2 Å². The number of hydrogen-bond acceptors (Lipinski definition) is 6. The number of benzene rings is 2. The maximum absolute atomic E-state index is 13.6. The molecule has 1 aliphatic rings. The molecule has 1 atom stereocenters. The largest absolute Gasteiger partial charge is 0.493 e. The zero-order valence-electron chi connectivity index (χ0n) is 17.2. The molecule has 0 unspecified atom stereocenters. The quantitative estimate of drug-likeness (QED) is 0.453. The van der Waals surface area contributed by atoms with Crippen LogP contribution in [0, 0.1) is 0 Å². The molecule has 0 spiro atoms. The van der Waals surface area contributed by atoms with Gasteiger partial charge >= 0.3 is 0 Å². The highest BCUT2D eigenvalue weighted by molar-refractivity contribution is 6.31. The van der Waals surface area contributed by atoms with Crippen molar-refractivity contribution < 1.29 is 18.7 Å². The number of carbonyl (C=O) groups is 1. The number of ether oxygens (including phenoxy) is 2. The lowest BCUT2D eigenvalue weighted by molar-refractivity contribution is 0.0970. The monoisotopic (exact) mass is 448 g/mol. The molecule has 2 aromatic carbocycles. The van der Waals surface area contributed by atoms with Crippen LogP contribution in [-0.2, 0) is 0 Å². The number of aromatic nitrogens is 1. The molecular formula is C24H17ClN2O5. The molecule has 1 amide bonds. The van der Waals surface area contributed by atoms with Crippen molar-refractivity contribution in [3.63, 3.8) is 0 Å². The van der Waals surface area contributed by atoms with Gasteiger partial charge in [-0.3, -0.25) is 14.5 Å². The van der Waals surface area contributed by atoms with Gasteiger partial charge < -0.3 is 13.9 Å². The first kappa shape index (κ1) is 20.1. The number of hydrogen-bond donors (Lipinski definition) is 0. The summed E-state index contributed by atoms with van der Waals surface area (Å²) in [5.74, 6) is 0.750. The Morgan fingerprint density at radius 3 is 2.59 bits per heavy atom. The number of rotatable bonds is 4. The fraction of sp³-hybridized carbons (Fsp3) is 0.125. The van der Waals surface area contributed by atoms with E-state index in [1.807, 2.05) is 0 Å². The van der Waals surface area contributed by atoms with Crippen molar-refractivity contribution in [2.45, 2.75) is 6.04 Å². The first-order chi connectivity index (χ1) is 15.5. The summed E-state index contributed by atoms with van der Waals surface area (Å²) in [5.41, 5.74) is 0.705. The Kier molecular flexibility index (Phi) is 4.83. The predicted octanol–water partition coefficient (Wildman–Crippen LogP) is 4.61. The Morgan fingerprint density at radius 1 is 1.03 bits per heavy atom. The van der Waals surface area contributed by atoms with E-state index in [-0.39, 0.29) is 22.3 Å². The van der Waals surface area contributed by atoms with Crippen molar-refractivity contribution in [1.29, 1.82) is 0 Å². The van der Waals surface area contributed by atoms with E-state index in [0.717, 1.165) is 0 Å². The van der Waals surface area contributed by atoms with Gasteiger partial charge in [0.15, 0.2) is 16.9 Å². The van der Waals surface area contributed by atoms with Crippen molar-refractivity contribution >= 4 is 34.3 Å². The number of anilines is 1. The number of para-hydroxylation sites is 1. The van der Waals surface area contributed by atoms with Crippen LogP contribution in [0.15, 0.2) is 70.0 Å². The van der Waals surface area contributed by atoms with Crippen LogP contribution in [-0.4, -0.2) is 25.1 Å². The molecule has 2 aromatic heterocycles. The fourth-order valence-electron chi connectivity index (χ4n) is 4.10. The van der Waals surface area contributed by atoms with Crippen LogP contribution < -0.4 is 19.8 Å². The zero-order chi connectivity index (χ0) is 22.4. The van der Waals surface area contributed by atoms with Gasteiger partial charge in [0.2, 0.25) is 5.76 Å². The second kappa shape index (κ2) is 7.69. The third-order valence-corrected chi connectivity index (χ3v) is 5.69. The number of methoxy groups -OCH3 is 2. The van der Waals surface area contributed by atoms with Crippen LogP contribution in [0.3, 0.4) is 0 Å². The number of pyridine rings is 1. The SMILES string of the molecule is COc1cccc([C@@H]2c3c(oc4ccc(Cl)cc4c3=O)C(=O)N2c2ccccn2)c1OC. The lowest BCUT2D eigenvalue weighted by Crippen LogP contribution is -2.30. The standard InChI is InChI=1S/C24H17ClN2O5/c1-30-17-7-5-6-14(22(17)31-2)20-19-21(28)15-12-13(25)9-10-16(15)32-23(19)24(29)27(20)18-8-3-4-11-26-18/h3-12,20H,1-2H3/t20-/m1/s1. The number of nitrogens with zero attached hydrogens (tertiary/aromatic N) is 2. The van der Waals surface area contributed by atoms with E-state index in [2.05, 4.69) is 4.98 Å². The van der Waals surface area contributed by atoms with Crippen molar-refractivity contribution in [2.75, 3.05) is 19.1 Å². The molecule has 4 aromatic rings. The van der Waals surface area contributed by atoms with Crippen LogP contribution in [0.5, 0.6) is 11.5 Å². The minimum atomic E-state index is -0.836. The summed E-state index contributed by atoms with van der Waals surface area (Å²) in [5, 5.41) is 0.685. The molecule has 32 heavy (non-hydrogen) atoms. The Hall–Kier alpha value is -3.84. The highest BCUT2D eigenvalue weighted by Gasteiger charge is 2.45. The van der Waals surface area contributed by atoms with Crippen LogP contribution in [0.1, 0.15) is 27.7 Å². The molecule has 5 rings (SSSR count). The normalized spacial score (nSPS) is 15.2. The number of halogens is 1.